The number of nitriles is 1. The highest BCUT2D eigenvalue weighted by molar-refractivity contribution is 5.98. The Labute approximate surface area is 150 Å². The van der Waals surface area contributed by atoms with E-state index in [0.717, 1.165) is 22.3 Å². The van der Waals surface area contributed by atoms with E-state index < -0.39 is 5.97 Å². The number of carboxylic acids is 1. The first kappa shape index (κ1) is 15.7. The van der Waals surface area contributed by atoms with Crippen molar-refractivity contribution in [3.8, 4) is 17.2 Å². The molecule has 1 aliphatic rings. The van der Waals surface area contributed by atoms with Gasteiger partial charge in [-0.15, -0.1) is 0 Å². The van der Waals surface area contributed by atoms with Crippen LogP contribution in [0.25, 0.3) is 11.1 Å². The number of nitrogens with one attached hydrogen (secondary N) is 1. The Balaban J connectivity index is 1.79. The fourth-order valence-electron chi connectivity index (χ4n) is 3.45. The van der Waals surface area contributed by atoms with Crippen LogP contribution in [0.1, 0.15) is 33.1 Å². The Hall–Kier alpha value is -3.78. The number of carbonyl (C=O) groups is 1. The molecule has 0 saturated carbocycles. The second-order valence-electron chi connectivity index (χ2n) is 6.12. The van der Waals surface area contributed by atoms with Gasteiger partial charge in [-0.05, 0) is 28.8 Å². The van der Waals surface area contributed by atoms with Gasteiger partial charge < -0.3 is 16.2 Å². The number of para-hydroxylation sites is 1. The van der Waals surface area contributed by atoms with E-state index in [-0.39, 0.29) is 11.6 Å². The molecular formula is C21H15N3O2. The third-order valence-electron chi connectivity index (χ3n) is 4.69. The SMILES string of the molecule is N#CC1=C2C=CC(c3ccccc3)=C1C2Nc1c(N)cccc1C(=O)O. The first-order valence-corrected chi connectivity index (χ1v) is 8.12. The van der Waals surface area contributed by atoms with E-state index in [9.17, 15) is 15.2 Å². The minimum Gasteiger partial charge on any atom is -0.478 e. The summed E-state index contributed by atoms with van der Waals surface area (Å²) in [6, 6.07) is 20.5. The minimum absolute atomic E-state index is 0.111. The lowest BCUT2D eigenvalue weighted by molar-refractivity contribution is 0.0698. The number of aromatic carboxylic acids is 1. The van der Waals surface area contributed by atoms with Gasteiger partial charge >= 0.3 is 5.97 Å². The molecule has 5 heteroatoms. The van der Waals surface area contributed by atoms with Crippen LogP contribution in [-0.4, -0.2) is 11.1 Å². The molecule has 0 fully saturated rings. The predicted molar refractivity (Wildman–Crippen MR) is 99.9 cm³/mol. The maximum atomic E-state index is 11.5. The van der Waals surface area contributed by atoms with Gasteiger partial charge in [-0.3, -0.25) is 0 Å². The van der Waals surface area contributed by atoms with Crippen molar-refractivity contribution in [2.45, 2.75) is 6.04 Å². The van der Waals surface area contributed by atoms with E-state index >= 15 is 0 Å². The summed E-state index contributed by atoms with van der Waals surface area (Å²) in [5.74, 6) is -1.05. The van der Waals surface area contributed by atoms with Gasteiger partial charge in [-0.1, -0.05) is 48.5 Å². The molecule has 0 saturated heterocycles. The molecule has 4 N–H and O–H groups in total. The summed E-state index contributed by atoms with van der Waals surface area (Å²) >= 11 is 0. The number of rotatable bonds is 4. The molecule has 26 heavy (non-hydrogen) atoms. The van der Waals surface area contributed by atoms with Gasteiger partial charge in [0.25, 0.3) is 0 Å². The minimum atomic E-state index is -1.05. The Kier molecular flexibility index (Phi) is 3.59. The summed E-state index contributed by atoms with van der Waals surface area (Å²) in [6.07, 6.45) is 0. The van der Waals surface area contributed by atoms with Gasteiger partial charge in [0.05, 0.1) is 34.6 Å². The molecule has 0 spiro atoms. The third kappa shape index (κ3) is 2.28. The van der Waals surface area contributed by atoms with Crippen molar-refractivity contribution in [3.05, 3.63) is 82.9 Å². The molecule has 0 aliphatic heterocycles. The van der Waals surface area contributed by atoms with Gasteiger partial charge in [0.1, 0.15) is 0 Å². The van der Waals surface area contributed by atoms with Crippen LogP contribution in [0.3, 0.4) is 0 Å². The van der Waals surface area contributed by atoms with E-state index in [1.165, 1.54) is 6.07 Å². The van der Waals surface area contributed by atoms with Gasteiger partial charge in [0.15, 0.2) is 0 Å². The van der Waals surface area contributed by atoms with E-state index in [1.54, 1.807) is 12.1 Å². The van der Waals surface area contributed by atoms with Crippen LogP contribution in [-0.2, 0) is 0 Å². The molecule has 5 nitrogen and oxygen atoms in total. The van der Waals surface area contributed by atoms with Crippen molar-refractivity contribution in [1.29, 1.82) is 5.26 Å². The fraction of sp³-hybridized carbons (Fsp3) is 0.0476. The van der Waals surface area contributed by atoms with Crippen LogP contribution in [0, 0.1) is 11.3 Å². The van der Waals surface area contributed by atoms with Crippen molar-refractivity contribution in [3.63, 3.8) is 0 Å². The molecule has 0 radical (unpaired) electrons. The van der Waals surface area contributed by atoms with E-state index in [4.69, 9.17) is 5.73 Å². The Morgan fingerprint density at radius 3 is 2.54 bits per heavy atom. The number of fused-ring (bicyclic) bond motifs is 2. The Bertz CT molecular complexity index is 1070. The van der Waals surface area contributed by atoms with E-state index in [0.29, 0.717) is 16.9 Å². The van der Waals surface area contributed by atoms with E-state index in [1.807, 2.05) is 42.5 Å². The smallest absolute Gasteiger partial charge is 0.337 e. The Morgan fingerprint density at radius 2 is 1.85 bits per heavy atom. The monoisotopic (exact) mass is 341 g/mol. The highest BCUT2D eigenvalue weighted by Gasteiger charge is 2.35. The predicted octanol–water partition coefficient (Wildman–Crippen LogP) is 4.02. The number of carboxylic acid groups (broad SMARTS) is 1. The number of hydrogen-bond acceptors (Lipinski definition) is 4. The van der Waals surface area contributed by atoms with Crippen LogP contribution in [0.2, 0.25) is 0 Å². The fourth-order valence-corrected chi connectivity index (χ4v) is 3.45. The summed E-state index contributed by atoms with van der Waals surface area (Å²) in [7, 11) is 0. The summed E-state index contributed by atoms with van der Waals surface area (Å²) in [4.78, 5) is 11.5. The quantitative estimate of drug-likeness (QED) is 0.622. The van der Waals surface area contributed by atoms with Crippen molar-refractivity contribution in [2.24, 2.45) is 0 Å². The maximum absolute atomic E-state index is 11.5. The number of nitrogens with two attached hydrogens (primary N) is 1. The summed E-state index contributed by atoms with van der Waals surface area (Å²) in [6.45, 7) is 0. The molecule has 0 aromatic heterocycles. The number of anilines is 2. The standard InChI is InChI=1S/C21H15N3O2/c22-11-16-14-10-9-13(12-5-2-1-3-6-12)18(16)20(14)24-19-15(21(25)26)7-4-8-17(19)23/h1-10,20,24H,23H2,(H,25,26). The van der Waals surface area contributed by atoms with Crippen LogP contribution in [0.15, 0.2) is 60.7 Å². The van der Waals surface area contributed by atoms with Crippen LogP contribution < -0.4 is 11.1 Å². The molecule has 3 aromatic carbocycles. The van der Waals surface area contributed by atoms with Gasteiger partial charge in [-0.2, -0.15) is 5.26 Å². The normalized spacial score (nSPS) is 14.2. The Morgan fingerprint density at radius 1 is 1.08 bits per heavy atom. The molecule has 1 atom stereocenters. The van der Waals surface area contributed by atoms with Crippen molar-refractivity contribution < 1.29 is 9.90 Å². The highest BCUT2D eigenvalue weighted by Crippen LogP contribution is 2.47. The first-order chi connectivity index (χ1) is 12.6. The molecular weight excluding hydrogens is 326 g/mol. The molecule has 0 amide bonds. The lowest BCUT2D eigenvalue weighted by Gasteiger charge is -2.35. The lowest BCUT2D eigenvalue weighted by atomic mass is 9.75. The second-order valence-corrected chi connectivity index (χ2v) is 6.12. The van der Waals surface area contributed by atoms with Gasteiger partial charge in [0, 0.05) is 5.56 Å². The molecule has 2 bridgehead atoms. The van der Waals surface area contributed by atoms with Crippen molar-refractivity contribution in [2.75, 3.05) is 11.1 Å². The van der Waals surface area contributed by atoms with Crippen LogP contribution in [0.4, 0.5) is 11.4 Å². The van der Waals surface area contributed by atoms with E-state index in [2.05, 4.69) is 11.4 Å². The maximum Gasteiger partial charge on any atom is 0.337 e. The first-order valence-electron chi connectivity index (χ1n) is 8.12. The number of benzene rings is 3. The zero-order valence-corrected chi connectivity index (χ0v) is 13.7. The van der Waals surface area contributed by atoms with Crippen molar-refractivity contribution >= 4 is 17.3 Å². The van der Waals surface area contributed by atoms with Crippen molar-refractivity contribution in [1.82, 2.24) is 0 Å². The molecule has 1 aliphatic carbocycles. The van der Waals surface area contributed by atoms with Crippen LogP contribution in [0.5, 0.6) is 0 Å². The summed E-state index contributed by atoms with van der Waals surface area (Å²) in [5.41, 5.74) is 11.2. The molecule has 4 rings (SSSR count). The average Bonchev–Trinajstić information content (AvgIpc) is 2.66. The zero-order chi connectivity index (χ0) is 18.3. The lowest BCUT2D eigenvalue weighted by Crippen LogP contribution is -2.26. The zero-order valence-electron chi connectivity index (χ0n) is 13.7. The van der Waals surface area contributed by atoms with Gasteiger partial charge in [-0.25, -0.2) is 4.79 Å². The highest BCUT2D eigenvalue weighted by atomic mass is 16.4. The van der Waals surface area contributed by atoms with Crippen LogP contribution >= 0.6 is 0 Å². The third-order valence-corrected chi connectivity index (χ3v) is 4.69. The average molecular weight is 341 g/mol. The molecule has 0 heterocycles. The number of hydrogen-bond donors (Lipinski definition) is 3. The topological polar surface area (TPSA) is 99.1 Å². The molecule has 126 valence electrons. The summed E-state index contributed by atoms with van der Waals surface area (Å²) < 4.78 is 0. The number of nitrogens with zero attached hydrogens (tertiary/aromatic N) is 1. The number of nitrogen functional groups attached to an aromatic ring is 1. The summed E-state index contributed by atoms with van der Waals surface area (Å²) in [5, 5.41) is 22.2. The molecule has 1 unspecified atom stereocenters. The molecule has 3 aromatic rings. The van der Waals surface area contributed by atoms with Gasteiger partial charge in [0.2, 0.25) is 0 Å². The largest absolute Gasteiger partial charge is 0.478 e. The second kappa shape index (κ2) is 5.94.